The number of aromatic amines is 1. The Bertz CT molecular complexity index is 1050. The first kappa shape index (κ1) is 19.8. The van der Waals surface area contributed by atoms with Gasteiger partial charge >= 0.3 is 0 Å². The molecule has 5 nitrogen and oxygen atoms in total. The maximum atomic E-state index is 14.1. The van der Waals surface area contributed by atoms with E-state index in [9.17, 15) is 14.0 Å². The van der Waals surface area contributed by atoms with Gasteiger partial charge in [0, 0.05) is 29.1 Å². The third-order valence-corrected chi connectivity index (χ3v) is 6.03. The van der Waals surface area contributed by atoms with Gasteiger partial charge in [-0.1, -0.05) is 41.9 Å². The Morgan fingerprint density at radius 1 is 1.24 bits per heavy atom. The smallest absolute Gasteiger partial charge is 0.268 e. The number of H-pyrrole nitrogens is 1. The molecule has 150 valence electrons. The average Bonchev–Trinajstić information content (AvgIpc) is 3.37. The number of aromatic nitrogens is 1. The Morgan fingerprint density at radius 2 is 2.03 bits per heavy atom. The van der Waals surface area contributed by atoms with Crippen molar-refractivity contribution in [3.8, 4) is 0 Å². The van der Waals surface area contributed by atoms with Crippen LogP contribution in [0.4, 0.5) is 4.39 Å². The molecule has 2 amide bonds. The van der Waals surface area contributed by atoms with Crippen LogP contribution >= 0.6 is 23.4 Å². The molecule has 1 fully saturated rings. The second kappa shape index (κ2) is 8.47. The van der Waals surface area contributed by atoms with Crippen LogP contribution in [0, 0.1) is 5.82 Å². The van der Waals surface area contributed by atoms with Gasteiger partial charge in [0.25, 0.3) is 5.91 Å². The van der Waals surface area contributed by atoms with Crippen LogP contribution in [0.1, 0.15) is 16.1 Å². The van der Waals surface area contributed by atoms with E-state index in [0.29, 0.717) is 24.4 Å². The molecule has 1 saturated heterocycles. The summed E-state index contributed by atoms with van der Waals surface area (Å²) in [5.41, 5.74) is 1.57. The first-order valence-electron chi connectivity index (χ1n) is 9.20. The maximum absolute atomic E-state index is 14.1. The van der Waals surface area contributed by atoms with Gasteiger partial charge in [-0.05, 0) is 23.8 Å². The largest absolute Gasteiger partial charge is 0.350 e. The van der Waals surface area contributed by atoms with Crippen LogP contribution in [0.15, 0.2) is 48.5 Å². The molecule has 29 heavy (non-hydrogen) atoms. The highest BCUT2D eigenvalue weighted by Crippen LogP contribution is 2.24. The van der Waals surface area contributed by atoms with Crippen molar-refractivity contribution < 1.29 is 14.0 Å². The molecule has 2 heterocycles. The molecule has 4 rings (SSSR count). The van der Waals surface area contributed by atoms with E-state index in [-0.39, 0.29) is 22.0 Å². The molecule has 0 saturated carbocycles. The van der Waals surface area contributed by atoms with Crippen molar-refractivity contribution in [1.29, 1.82) is 0 Å². The van der Waals surface area contributed by atoms with Crippen molar-refractivity contribution in [2.24, 2.45) is 0 Å². The summed E-state index contributed by atoms with van der Waals surface area (Å²) in [6.45, 7) is 0.667. The number of amides is 2. The van der Waals surface area contributed by atoms with Gasteiger partial charge in [0.15, 0.2) is 0 Å². The van der Waals surface area contributed by atoms with Crippen LogP contribution < -0.4 is 5.32 Å². The van der Waals surface area contributed by atoms with Crippen molar-refractivity contribution in [1.82, 2.24) is 15.2 Å². The quantitative estimate of drug-likeness (QED) is 0.645. The number of hydrogen-bond donors (Lipinski definition) is 2. The molecule has 0 aliphatic carbocycles. The van der Waals surface area contributed by atoms with Crippen molar-refractivity contribution in [2.75, 3.05) is 18.2 Å². The van der Waals surface area contributed by atoms with Crippen LogP contribution in [0.25, 0.3) is 10.9 Å². The molecule has 1 atom stereocenters. The standard InChI is InChI=1S/C21H19ClFN3O2S/c22-14-9-16(23)15-11-18(24-17(15)10-14)20(27)25-19(8-13-4-2-1-3-5-13)21(28)26-6-7-29-12-26/h1-5,9-11,19,24H,6-8,12H2,(H,25,27)/t19-/m0/s1. The van der Waals surface area contributed by atoms with E-state index >= 15 is 0 Å². The fourth-order valence-corrected chi connectivity index (χ4v) is 4.54. The SMILES string of the molecule is O=C(N[C@@H](Cc1ccccc1)C(=O)N1CCSC1)c1cc2c(F)cc(Cl)cc2[nH]1. The van der Waals surface area contributed by atoms with Gasteiger partial charge in [0.2, 0.25) is 5.91 Å². The van der Waals surface area contributed by atoms with Gasteiger partial charge in [0.1, 0.15) is 17.6 Å². The number of hydrogen-bond acceptors (Lipinski definition) is 3. The molecular weight excluding hydrogens is 413 g/mol. The predicted octanol–water partition coefficient (Wildman–Crippen LogP) is 3.83. The lowest BCUT2D eigenvalue weighted by molar-refractivity contribution is -0.131. The third kappa shape index (κ3) is 4.41. The number of thioether (sulfide) groups is 1. The summed E-state index contributed by atoms with van der Waals surface area (Å²) < 4.78 is 14.1. The van der Waals surface area contributed by atoms with Gasteiger partial charge < -0.3 is 15.2 Å². The molecule has 0 radical (unpaired) electrons. The lowest BCUT2D eigenvalue weighted by Crippen LogP contribution is -2.49. The summed E-state index contributed by atoms with van der Waals surface area (Å²) in [4.78, 5) is 30.5. The zero-order chi connectivity index (χ0) is 20.4. The molecule has 0 unspecified atom stereocenters. The van der Waals surface area contributed by atoms with Crippen LogP contribution in [-0.4, -0.2) is 45.9 Å². The summed E-state index contributed by atoms with van der Waals surface area (Å²) in [6, 6.07) is 13.0. The second-order valence-corrected chi connectivity index (χ2v) is 8.40. The number of nitrogens with zero attached hydrogens (tertiary/aromatic N) is 1. The first-order valence-corrected chi connectivity index (χ1v) is 10.7. The van der Waals surface area contributed by atoms with Gasteiger partial charge in [-0.3, -0.25) is 9.59 Å². The van der Waals surface area contributed by atoms with Crippen LogP contribution in [0.3, 0.4) is 0 Å². The van der Waals surface area contributed by atoms with Gasteiger partial charge in [-0.15, -0.1) is 11.8 Å². The Hall–Kier alpha value is -2.51. The van der Waals surface area contributed by atoms with E-state index in [1.54, 1.807) is 22.7 Å². The maximum Gasteiger partial charge on any atom is 0.268 e. The first-order chi connectivity index (χ1) is 14.0. The Balaban J connectivity index is 1.58. The number of fused-ring (bicyclic) bond motifs is 1. The average molecular weight is 432 g/mol. The van der Waals surface area contributed by atoms with E-state index in [1.165, 1.54) is 12.1 Å². The number of benzene rings is 2. The number of rotatable bonds is 5. The zero-order valence-electron chi connectivity index (χ0n) is 15.5. The molecule has 1 aliphatic heterocycles. The zero-order valence-corrected chi connectivity index (χ0v) is 17.0. The minimum Gasteiger partial charge on any atom is -0.350 e. The van der Waals surface area contributed by atoms with Crippen molar-refractivity contribution >= 4 is 46.1 Å². The molecule has 1 aromatic heterocycles. The highest BCUT2D eigenvalue weighted by Gasteiger charge is 2.29. The summed E-state index contributed by atoms with van der Waals surface area (Å²) in [6.07, 6.45) is 0.382. The molecule has 1 aliphatic rings. The molecule has 2 aromatic carbocycles. The van der Waals surface area contributed by atoms with Crippen molar-refractivity contribution in [3.05, 3.63) is 70.6 Å². The van der Waals surface area contributed by atoms with Crippen molar-refractivity contribution in [3.63, 3.8) is 0 Å². The van der Waals surface area contributed by atoms with Gasteiger partial charge in [-0.2, -0.15) is 0 Å². The highest BCUT2D eigenvalue weighted by atomic mass is 35.5. The van der Waals surface area contributed by atoms with E-state index in [1.807, 2.05) is 30.3 Å². The third-order valence-electron chi connectivity index (χ3n) is 4.85. The number of nitrogens with one attached hydrogen (secondary N) is 2. The normalized spacial score (nSPS) is 14.9. The van der Waals surface area contributed by atoms with E-state index < -0.39 is 17.8 Å². The summed E-state index contributed by atoms with van der Waals surface area (Å²) >= 11 is 7.58. The van der Waals surface area contributed by atoms with E-state index in [4.69, 9.17) is 11.6 Å². The Labute approximate surface area is 176 Å². The molecule has 0 spiro atoms. The molecular formula is C21H19ClFN3O2S. The lowest BCUT2D eigenvalue weighted by atomic mass is 10.0. The van der Waals surface area contributed by atoms with E-state index in [2.05, 4.69) is 10.3 Å². The fraction of sp³-hybridized carbons (Fsp3) is 0.238. The van der Waals surface area contributed by atoms with Crippen molar-refractivity contribution in [2.45, 2.75) is 12.5 Å². The summed E-state index contributed by atoms with van der Waals surface area (Å²) in [5, 5.41) is 3.35. The monoisotopic (exact) mass is 431 g/mol. The molecule has 3 aromatic rings. The Kier molecular flexibility index (Phi) is 5.78. The number of halogens is 2. The second-order valence-electron chi connectivity index (χ2n) is 6.89. The van der Waals surface area contributed by atoms with Gasteiger partial charge in [0.05, 0.1) is 11.4 Å². The van der Waals surface area contributed by atoms with Gasteiger partial charge in [-0.25, -0.2) is 4.39 Å². The van der Waals surface area contributed by atoms with E-state index in [0.717, 1.165) is 11.3 Å². The number of carbonyl (C=O) groups excluding carboxylic acids is 2. The summed E-state index contributed by atoms with van der Waals surface area (Å²) in [7, 11) is 0. The lowest BCUT2D eigenvalue weighted by Gasteiger charge is -2.23. The minimum absolute atomic E-state index is 0.113. The van der Waals surface area contributed by atoms with Crippen LogP contribution in [0.5, 0.6) is 0 Å². The summed E-state index contributed by atoms with van der Waals surface area (Å²) in [5.74, 6) is 0.430. The molecule has 8 heteroatoms. The Morgan fingerprint density at radius 3 is 2.76 bits per heavy atom. The van der Waals surface area contributed by atoms with Crippen LogP contribution in [-0.2, 0) is 11.2 Å². The predicted molar refractivity (Wildman–Crippen MR) is 114 cm³/mol. The van der Waals surface area contributed by atoms with Crippen LogP contribution in [0.2, 0.25) is 5.02 Å². The fourth-order valence-electron chi connectivity index (χ4n) is 3.38. The minimum atomic E-state index is -0.705. The number of carbonyl (C=O) groups is 2. The molecule has 2 N–H and O–H groups in total. The topological polar surface area (TPSA) is 65.2 Å². The molecule has 0 bridgehead atoms. The highest BCUT2D eigenvalue weighted by molar-refractivity contribution is 7.99.